The van der Waals surface area contributed by atoms with Crippen LogP contribution in [0.3, 0.4) is 0 Å². The van der Waals surface area contributed by atoms with Gasteiger partial charge in [0.1, 0.15) is 5.82 Å². The maximum Gasteiger partial charge on any atom is 0.262 e. The molecule has 112 valence electrons. The Morgan fingerprint density at radius 1 is 1.19 bits per heavy atom. The zero-order valence-corrected chi connectivity index (χ0v) is 14.5. The van der Waals surface area contributed by atoms with Crippen molar-refractivity contribution in [2.45, 2.75) is 11.8 Å². The van der Waals surface area contributed by atoms with E-state index >= 15 is 0 Å². The Morgan fingerprint density at radius 3 is 2.48 bits per heavy atom. The number of nitrogens with one attached hydrogen (secondary N) is 1. The van der Waals surface area contributed by atoms with Crippen LogP contribution in [0.1, 0.15) is 5.56 Å². The summed E-state index contributed by atoms with van der Waals surface area (Å²) < 4.78 is 40.5. The topological polar surface area (TPSA) is 46.2 Å². The molecule has 1 N–H and O–H groups in total. The average Bonchev–Trinajstić information content (AvgIpc) is 2.42. The van der Waals surface area contributed by atoms with Crippen LogP contribution in [0.5, 0.6) is 0 Å². The monoisotopic (exact) mass is 411 g/mol. The zero-order valence-electron chi connectivity index (χ0n) is 10.6. The van der Waals surface area contributed by atoms with Crippen LogP contribution in [0.2, 0.25) is 10.0 Å². The second-order valence-electron chi connectivity index (χ2n) is 4.23. The summed E-state index contributed by atoms with van der Waals surface area (Å²) in [6.45, 7) is 1.72. The minimum atomic E-state index is -3.99. The van der Waals surface area contributed by atoms with E-state index in [0.29, 0.717) is 5.56 Å². The molecule has 2 aromatic carbocycles. The number of benzene rings is 2. The third kappa shape index (κ3) is 3.51. The van der Waals surface area contributed by atoms with Gasteiger partial charge in [0.2, 0.25) is 0 Å². The molecule has 0 aliphatic heterocycles. The number of hydrogen-bond acceptors (Lipinski definition) is 2. The Labute approximate surface area is 140 Å². The maximum absolute atomic E-state index is 13.5. The normalized spacial score (nSPS) is 11.5. The summed E-state index contributed by atoms with van der Waals surface area (Å²) in [5.41, 5.74) is 0.738. The Morgan fingerprint density at radius 2 is 1.86 bits per heavy atom. The Hall–Kier alpha value is -0.820. The van der Waals surface area contributed by atoms with Crippen molar-refractivity contribution in [3.8, 4) is 0 Å². The highest BCUT2D eigenvalue weighted by molar-refractivity contribution is 9.10. The second kappa shape index (κ2) is 6.12. The van der Waals surface area contributed by atoms with Crippen molar-refractivity contribution in [2.75, 3.05) is 4.72 Å². The van der Waals surface area contributed by atoms with Crippen LogP contribution in [-0.4, -0.2) is 8.42 Å². The molecule has 0 saturated heterocycles. The van der Waals surface area contributed by atoms with Crippen LogP contribution < -0.4 is 4.72 Å². The van der Waals surface area contributed by atoms with Crippen molar-refractivity contribution in [1.29, 1.82) is 0 Å². The van der Waals surface area contributed by atoms with Gasteiger partial charge in [-0.1, -0.05) is 29.3 Å². The van der Waals surface area contributed by atoms with E-state index in [0.717, 1.165) is 6.07 Å². The summed E-state index contributed by atoms with van der Waals surface area (Å²) in [7, 11) is -3.99. The van der Waals surface area contributed by atoms with E-state index in [4.69, 9.17) is 23.2 Å². The maximum atomic E-state index is 13.5. The molecular weight excluding hydrogens is 404 g/mol. The van der Waals surface area contributed by atoms with Crippen molar-refractivity contribution < 1.29 is 12.8 Å². The summed E-state index contributed by atoms with van der Waals surface area (Å²) in [6, 6.07) is 6.69. The molecule has 0 aliphatic rings. The van der Waals surface area contributed by atoms with Gasteiger partial charge in [-0.3, -0.25) is 4.72 Å². The van der Waals surface area contributed by atoms with Crippen LogP contribution in [0.4, 0.5) is 10.1 Å². The lowest BCUT2D eigenvalue weighted by Crippen LogP contribution is -2.14. The van der Waals surface area contributed by atoms with Crippen LogP contribution in [-0.2, 0) is 10.0 Å². The summed E-state index contributed by atoms with van der Waals surface area (Å²) in [5, 5.41) is 0.357. The van der Waals surface area contributed by atoms with E-state index in [1.807, 2.05) is 0 Å². The van der Waals surface area contributed by atoms with Gasteiger partial charge in [0, 0.05) is 0 Å². The fraction of sp³-hybridized carbons (Fsp3) is 0.0769. The first-order valence-electron chi connectivity index (χ1n) is 5.65. The molecular formula is C13H9BrCl2FNO2S. The third-order valence-electron chi connectivity index (χ3n) is 2.72. The lowest BCUT2D eigenvalue weighted by molar-refractivity contribution is 0.593. The van der Waals surface area contributed by atoms with E-state index in [2.05, 4.69) is 20.7 Å². The van der Waals surface area contributed by atoms with Crippen molar-refractivity contribution >= 4 is 54.8 Å². The quantitative estimate of drug-likeness (QED) is 0.770. The van der Waals surface area contributed by atoms with Gasteiger partial charge in [-0.25, -0.2) is 12.8 Å². The molecule has 0 amide bonds. The van der Waals surface area contributed by atoms with Crippen LogP contribution >= 0.6 is 39.1 Å². The van der Waals surface area contributed by atoms with E-state index in [1.165, 1.54) is 18.2 Å². The number of sulfonamides is 1. The van der Waals surface area contributed by atoms with Crippen molar-refractivity contribution in [3.05, 3.63) is 56.2 Å². The van der Waals surface area contributed by atoms with Gasteiger partial charge < -0.3 is 0 Å². The molecule has 0 aromatic heterocycles. The zero-order chi connectivity index (χ0) is 15.8. The minimum absolute atomic E-state index is 0.0710. The lowest BCUT2D eigenvalue weighted by Gasteiger charge is -2.13. The Bertz CT molecular complexity index is 812. The number of anilines is 1. The minimum Gasteiger partial charge on any atom is -0.277 e. The molecule has 3 nitrogen and oxygen atoms in total. The molecule has 2 aromatic rings. The van der Waals surface area contributed by atoms with Crippen molar-refractivity contribution in [1.82, 2.24) is 0 Å². The molecule has 0 radical (unpaired) electrons. The predicted octanol–water partition coefficient (Wildman–Crippen LogP) is 5.00. The number of hydrogen-bond donors (Lipinski definition) is 1. The molecule has 21 heavy (non-hydrogen) atoms. The van der Waals surface area contributed by atoms with E-state index in [-0.39, 0.29) is 25.1 Å². The van der Waals surface area contributed by atoms with Gasteiger partial charge in [-0.05, 0) is 52.7 Å². The molecule has 0 aliphatic carbocycles. The standard InChI is InChI=1S/C13H9BrCl2FNO2S/c1-7-2-5-10(15)13(12(7)16)18-21(19,20)8-3-4-9(14)11(17)6-8/h2-6,18H,1H3. The first-order valence-corrected chi connectivity index (χ1v) is 8.68. The lowest BCUT2D eigenvalue weighted by atomic mass is 10.2. The number of halogens is 4. The molecule has 0 saturated carbocycles. The first-order chi connectivity index (χ1) is 9.72. The van der Waals surface area contributed by atoms with Crippen molar-refractivity contribution in [3.63, 3.8) is 0 Å². The molecule has 0 spiro atoms. The highest BCUT2D eigenvalue weighted by Crippen LogP contribution is 2.34. The van der Waals surface area contributed by atoms with Gasteiger partial charge in [0.15, 0.2) is 0 Å². The average molecular weight is 413 g/mol. The summed E-state index contributed by atoms with van der Waals surface area (Å²) in [5.74, 6) is -0.681. The van der Waals surface area contributed by atoms with Crippen LogP contribution in [0, 0.1) is 12.7 Å². The fourth-order valence-electron chi connectivity index (χ4n) is 1.59. The molecule has 8 heteroatoms. The van der Waals surface area contributed by atoms with Crippen molar-refractivity contribution in [2.24, 2.45) is 0 Å². The number of rotatable bonds is 3. The largest absolute Gasteiger partial charge is 0.277 e. The van der Waals surface area contributed by atoms with Gasteiger partial charge in [-0.2, -0.15) is 0 Å². The van der Waals surface area contributed by atoms with Crippen LogP contribution in [0.15, 0.2) is 39.7 Å². The van der Waals surface area contributed by atoms with Gasteiger partial charge >= 0.3 is 0 Å². The second-order valence-corrected chi connectivity index (χ2v) is 7.56. The summed E-state index contributed by atoms with van der Waals surface area (Å²) in [6.07, 6.45) is 0. The van der Waals surface area contributed by atoms with Crippen LogP contribution in [0.25, 0.3) is 0 Å². The molecule has 0 bridgehead atoms. The van der Waals surface area contributed by atoms with Gasteiger partial charge in [0.05, 0.1) is 25.1 Å². The van der Waals surface area contributed by atoms with E-state index < -0.39 is 15.8 Å². The Balaban J connectivity index is 2.47. The van der Waals surface area contributed by atoms with E-state index in [1.54, 1.807) is 13.0 Å². The highest BCUT2D eigenvalue weighted by Gasteiger charge is 2.19. The summed E-state index contributed by atoms with van der Waals surface area (Å²) in [4.78, 5) is -0.225. The predicted molar refractivity (Wildman–Crippen MR) is 86.1 cm³/mol. The van der Waals surface area contributed by atoms with E-state index in [9.17, 15) is 12.8 Å². The smallest absolute Gasteiger partial charge is 0.262 e. The van der Waals surface area contributed by atoms with Gasteiger partial charge in [0.25, 0.3) is 10.0 Å². The fourth-order valence-corrected chi connectivity index (χ4v) is 3.52. The summed E-state index contributed by atoms with van der Waals surface area (Å²) >= 11 is 15.0. The third-order valence-corrected chi connectivity index (χ3v) is 5.51. The molecule has 0 unspecified atom stereocenters. The highest BCUT2D eigenvalue weighted by atomic mass is 79.9. The molecule has 2 rings (SSSR count). The molecule has 0 heterocycles. The molecule has 0 fully saturated rings. The number of aryl methyl sites for hydroxylation is 1. The molecule has 0 atom stereocenters. The van der Waals surface area contributed by atoms with Gasteiger partial charge in [-0.15, -0.1) is 0 Å². The first kappa shape index (κ1) is 16.5. The Kier molecular flexibility index (Phi) is 4.82. The SMILES string of the molecule is Cc1ccc(Cl)c(NS(=O)(=O)c2ccc(Br)c(F)c2)c1Cl.